The van der Waals surface area contributed by atoms with Crippen LogP contribution in [0.5, 0.6) is 0 Å². The Kier molecular flexibility index (Phi) is 5.53. The summed E-state index contributed by atoms with van der Waals surface area (Å²) >= 11 is 0. The van der Waals surface area contributed by atoms with Crippen molar-refractivity contribution in [2.75, 3.05) is 11.5 Å². The van der Waals surface area contributed by atoms with E-state index < -0.39 is 40.4 Å². The standard InChI is InChI=1S/C7H12N2O5S/c1-4(10)9-5(7(12)13)2-15(14)3-6(8)11/h5H,2-3H2,1H3,(H2,8,11)(H,9,10)(H,12,13)/t5-,15?/m0/s1. The molecule has 7 nitrogen and oxygen atoms in total. The van der Waals surface area contributed by atoms with Crippen LogP contribution in [0.15, 0.2) is 0 Å². The average molecular weight is 236 g/mol. The highest BCUT2D eigenvalue weighted by atomic mass is 32.2. The minimum absolute atomic E-state index is 0.335. The van der Waals surface area contributed by atoms with Gasteiger partial charge in [0, 0.05) is 17.7 Å². The van der Waals surface area contributed by atoms with E-state index in [0.29, 0.717) is 0 Å². The molecule has 0 aliphatic carbocycles. The third-order valence-electron chi connectivity index (χ3n) is 1.33. The van der Waals surface area contributed by atoms with Crippen molar-refractivity contribution >= 4 is 28.6 Å². The molecule has 86 valence electrons. The van der Waals surface area contributed by atoms with Crippen molar-refractivity contribution in [3.05, 3.63) is 0 Å². The van der Waals surface area contributed by atoms with E-state index in [2.05, 4.69) is 5.32 Å². The molecular formula is C7H12N2O5S. The molecule has 2 amide bonds. The van der Waals surface area contributed by atoms with Gasteiger partial charge in [0.2, 0.25) is 11.8 Å². The minimum Gasteiger partial charge on any atom is -0.480 e. The van der Waals surface area contributed by atoms with Crippen LogP contribution < -0.4 is 11.1 Å². The van der Waals surface area contributed by atoms with Gasteiger partial charge in [-0.15, -0.1) is 0 Å². The van der Waals surface area contributed by atoms with Gasteiger partial charge in [-0.2, -0.15) is 0 Å². The molecule has 0 radical (unpaired) electrons. The van der Waals surface area contributed by atoms with Crippen LogP contribution in [0.25, 0.3) is 0 Å². The molecule has 2 atom stereocenters. The van der Waals surface area contributed by atoms with E-state index in [1.807, 2.05) is 0 Å². The summed E-state index contributed by atoms with van der Waals surface area (Å²) in [6.45, 7) is 1.15. The fourth-order valence-corrected chi connectivity index (χ4v) is 1.86. The van der Waals surface area contributed by atoms with Crippen molar-refractivity contribution < 1.29 is 23.7 Å². The fourth-order valence-electron chi connectivity index (χ4n) is 0.824. The molecule has 0 aromatic rings. The minimum atomic E-state index is -1.69. The number of rotatable bonds is 6. The Morgan fingerprint density at radius 2 is 2.00 bits per heavy atom. The highest BCUT2D eigenvalue weighted by Gasteiger charge is 2.21. The second kappa shape index (κ2) is 6.12. The normalized spacial score (nSPS) is 13.9. The summed E-state index contributed by atoms with van der Waals surface area (Å²) in [5.74, 6) is -3.37. The number of nitrogens with one attached hydrogen (secondary N) is 1. The second-order valence-electron chi connectivity index (χ2n) is 2.81. The Morgan fingerprint density at radius 3 is 2.33 bits per heavy atom. The van der Waals surface area contributed by atoms with Gasteiger partial charge in [-0.25, -0.2) is 4.79 Å². The molecular weight excluding hydrogens is 224 g/mol. The summed E-state index contributed by atoms with van der Waals surface area (Å²) in [4.78, 5) is 31.6. The summed E-state index contributed by atoms with van der Waals surface area (Å²) in [6.07, 6.45) is 0. The molecule has 0 spiro atoms. The van der Waals surface area contributed by atoms with E-state index in [1.165, 1.54) is 0 Å². The van der Waals surface area contributed by atoms with Gasteiger partial charge in [0.15, 0.2) is 0 Å². The number of aliphatic carboxylic acids is 1. The molecule has 0 fully saturated rings. The summed E-state index contributed by atoms with van der Waals surface area (Å²) in [6, 6.07) is -1.26. The summed E-state index contributed by atoms with van der Waals surface area (Å²) in [5.41, 5.74) is 4.78. The predicted molar refractivity (Wildman–Crippen MR) is 52.3 cm³/mol. The van der Waals surface area contributed by atoms with Crippen LogP contribution in [0.1, 0.15) is 6.92 Å². The lowest BCUT2D eigenvalue weighted by atomic mass is 10.3. The Hall–Kier alpha value is -1.44. The number of amides is 2. The maximum atomic E-state index is 11.1. The quantitative estimate of drug-likeness (QED) is 0.482. The Balaban J connectivity index is 4.28. The molecule has 0 aliphatic rings. The molecule has 15 heavy (non-hydrogen) atoms. The number of carbonyl (C=O) groups excluding carboxylic acids is 2. The number of carbonyl (C=O) groups is 3. The van der Waals surface area contributed by atoms with Crippen LogP contribution in [0.4, 0.5) is 0 Å². The van der Waals surface area contributed by atoms with Gasteiger partial charge in [0.25, 0.3) is 0 Å². The second-order valence-corrected chi connectivity index (χ2v) is 4.31. The Morgan fingerprint density at radius 1 is 1.47 bits per heavy atom. The van der Waals surface area contributed by atoms with E-state index >= 15 is 0 Å². The third kappa shape index (κ3) is 6.61. The predicted octanol–water partition coefficient (Wildman–Crippen LogP) is -2.19. The first-order valence-electron chi connectivity index (χ1n) is 3.96. The van der Waals surface area contributed by atoms with Gasteiger partial charge in [-0.1, -0.05) is 0 Å². The lowest BCUT2D eigenvalue weighted by Gasteiger charge is -2.11. The van der Waals surface area contributed by atoms with Crippen molar-refractivity contribution in [2.24, 2.45) is 5.73 Å². The average Bonchev–Trinajstić information content (AvgIpc) is 1.99. The number of primary amides is 1. The van der Waals surface area contributed by atoms with Crippen molar-refractivity contribution in [2.45, 2.75) is 13.0 Å². The van der Waals surface area contributed by atoms with Crippen LogP contribution in [-0.4, -0.2) is 44.6 Å². The molecule has 0 rings (SSSR count). The number of hydrogen-bond acceptors (Lipinski definition) is 4. The maximum Gasteiger partial charge on any atom is 0.327 e. The van der Waals surface area contributed by atoms with Gasteiger partial charge in [0.1, 0.15) is 11.8 Å². The Labute approximate surface area is 88.5 Å². The van der Waals surface area contributed by atoms with Crippen LogP contribution in [0.2, 0.25) is 0 Å². The summed E-state index contributed by atoms with van der Waals surface area (Å²) in [7, 11) is -1.69. The number of carboxylic acids is 1. The maximum absolute atomic E-state index is 11.1. The van der Waals surface area contributed by atoms with Crippen molar-refractivity contribution in [3.63, 3.8) is 0 Å². The molecule has 0 saturated heterocycles. The molecule has 0 heterocycles. The van der Waals surface area contributed by atoms with Crippen LogP contribution >= 0.6 is 0 Å². The first kappa shape index (κ1) is 13.6. The third-order valence-corrected chi connectivity index (χ3v) is 2.64. The highest BCUT2D eigenvalue weighted by molar-refractivity contribution is 7.85. The summed E-state index contributed by atoms with van der Waals surface area (Å²) in [5, 5.41) is 10.7. The lowest BCUT2D eigenvalue weighted by Crippen LogP contribution is -2.44. The molecule has 0 aliphatic heterocycles. The number of hydrogen-bond donors (Lipinski definition) is 3. The zero-order chi connectivity index (χ0) is 12.0. The van der Waals surface area contributed by atoms with E-state index in [4.69, 9.17) is 10.8 Å². The molecule has 0 aromatic carbocycles. The van der Waals surface area contributed by atoms with E-state index in [0.717, 1.165) is 6.92 Å². The Bertz CT molecular complexity index is 304. The molecule has 4 N–H and O–H groups in total. The van der Waals surface area contributed by atoms with Gasteiger partial charge in [0.05, 0.1) is 5.75 Å². The molecule has 8 heteroatoms. The SMILES string of the molecule is CC(=O)N[C@@H](CS(=O)CC(N)=O)C(=O)O. The number of nitrogens with two attached hydrogens (primary N) is 1. The monoisotopic (exact) mass is 236 g/mol. The molecule has 1 unspecified atom stereocenters. The lowest BCUT2D eigenvalue weighted by molar-refractivity contribution is -0.140. The van der Waals surface area contributed by atoms with Gasteiger partial charge in [-0.3, -0.25) is 13.8 Å². The van der Waals surface area contributed by atoms with Gasteiger partial charge in [-0.05, 0) is 0 Å². The number of carboxylic acid groups (broad SMARTS) is 1. The molecule has 0 bridgehead atoms. The fraction of sp³-hybridized carbons (Fsp3) is 0.571. The van der Waals surface area contributed by atoms with Gasteiger partial charge >= 0.3 is 5.97 Å². The van der Waals surface area contributed by atoms with Crippen LogP contribution in [-0.2, 0) is 25.2 Å². The van der Waals surface area contributed by atoms with Crippen molar-refractivity contribution in [1.29, 1.82) is 0 Å². The first-order valence-corrected chi connectivity index (χ1v) is 5.45. The molecule has 0 aromatic heterocycles. The van der Waals surface area contributed by atoms with E-state index in [9.17, 15) is 18.6 Å². The van der Waals surface area contributed by atoms with Gasteiger partial charge < -0.3 is 16.2 Å². The topological polar surface area (TPSA) is 127 Å². The molecule has 0 saturated carbocycles. The first-order chi connectivity index (χ1) is 6.82. The van der Waals surface area contributed by atoms with Crippen molar-refractivity contribution in [1.82, 2.24) is 5.32 Å². The summed E-state index contributed by atoms with van der Waals surface area (Å²) < 4.78 is 11.1. The largest absolute Gasteiger partial charge is 0.480 e. The van der Waals surface area contributed by atoms with Crippen LogP contribution in [0.3, 0.4) is 0 Å². The van der Waals surface area contributed by atoms with E-state index in [1.54, 1.807) is 0 Å². The zero-order valence-corrected chi connectivity index (χ0v) is 8.87. The van der Waals surface area contributed by atoms with Crippen molar-refractivity contribution in [3.8, 4) is 0 Å². The highest BCUT2D eigenvalue weighted by Crippen LogP contribution is 1.91. The smallest absolute Gasteiger partial charge is 0.327 e. The van der Waals surface area contributed by atoms with E-state index in [-0.39, 0.29) is 5.75 Å². The van der Waals surface area contributed by atoms with Crippen LogP contribution in [0, 0.1) is 0 Å². The zero-order valence-electron chi connectivity index (χ0n) is 8.06.